The lowest BCUT2D eigenvalue weighted by Crippen LogP contribution is -2.29. The van der Waals surface area contributed by atoms with Crippen LogP contribution in [0.25, 0.3) is 6.08 Å². The number of methoxy groups -OCH3 is 1. The van der Waals surface area contributed by atoms with Gasteiger partial charge in [-0.1, -0.05) is 44.2 Å². The molecule has 1 aromatic carbocycles. The molecule has 5 atom stereocenters. The van der Waals surface area contributed by atoms with Crippen molar-refractivity contribution in [2.24, 2.45) is 11.8 Å². The van der Waals surface area contributed by atoms with Crippen LogP contribution in [0.2, 0.25) is 0 Å². The summed E-state index contributed by atoms with van der Waals surface area (Å²) >= 11 is 0. The third-order valence-electron chi connectivity index (χ3n) is 5.97. The Kier molecular flexibility index (Phi) is 7.80. The van der Waals surface area contributed by atoms with E-state index in [2.05, 4.69) is 19.1 Å². The standard InChI is InChI=1S/C26H36O6/c1-16-13-20-9-8-10-21-24(32-26(5,6)31-21)18(3)12-11-17(2)19(4)30-25(27)23(20)22(14-16)29-15-28-7/h8-9,11-14,17-19,21,24H,10,15H2,1-7H3/b9-8?,12-11-/t17-,18?,19+,21+,24-/m1/s1. The lowest BCUT2D eigenvalue weighted by molar-refractivity contribution is -0.148. The Bertz CT molecular complexity index is 871. The molecule has 3 rings (SSSR count). The van der Waals surface area contributed by atoms with Crippen molar-refractivity contribution in [3.05, 3.63) is 47.1 Å². The van der Waals surface area contributed by atoms with Crippen molar-refractivity contribution in [1.82, 2.24) is 0 Å². The summed E-state index contributed by atoms with van der Waals surface area (Å²) in [6.45, 7) is 12.0. The van der Waals surface area contributed by atoms with E-state index in [0.29, 0.717) is 17.7 Å². The van der Waals surface area contributed by atoms with Gasteiger partial charge in [0.1, 0.15) is 17.4 Å². The van der Waals surface area contributed by atoms with Crippen molar-refractivity contribution in [1.29, 1.82) is 0 Å². The van der Waals surface area contributed by atoms with Gasteiger partial charge in [0.15, 0.2) is 12.6 Å². The largest absolute Gasteiger partial charge is 0.467 e. The maximum atomic E-state index is 13.2. The second-order valence-corrected chi connectivity index (χ2v) is 9.27. The number of carbonyl (C=O) groups excluding carboxylic acids is 1. The Hall–Kier alpha value is -2.15. The van der Waals surface area contributed by atoms with Crippen molar-refractivity contribution in [3.8, 4) is 5.75 Å². The summed E-state index contributed by atoms with van der Waals surface area (Å²) in [5.74, 6) is -0.398. The zero-order chi connectivity index (χ0) is 23.5. The van der Waals surface area contributed by atoms with Crippen LogP contribution in [0.15, 0.2) is 30.4 Å². The average Bonchev–Trinajstić information content (AvgIpc) is 3.03. The first-order valence-corrected chi connectivity index (χ1v) is 11.3. The lowest BCUT2D eigenvalue weighted by atomic mass is 9.94. The van der Waals surface area contributed by atoms with Gasteiger partial charge in [-0.15, -0.1) is 0 Å². The van der Waals surface area contributed by atoms with Crippen LogP contribution < -0.4 is 4.74 Å². The van der Waals surface area contributed by atoms with Crippen molar-refractivity contribution in [3.63, 3.8) is 0 Å². The molecule has 1 aromatic rings. The highest BCUT2D eigenvalue weighted by Crippen LogP contribution is 2.35. The topological polar surface area (TPSA) is 63.2 Å². The number of cyclic esters (lactones) is 1. The van der Waals surface area contributed by atoms with Crippen molar-refractivity contribution < 1.29 is 28.5 Å². The molecule has 0 aromatic heterocycles. The predicted octanol–water partition coefficient (Wildman–Crippen LogP) is 5.29. The van der Waals surface area contributed by atoms with Gasteiger partial charge in [0.25, 0.3) is 0 Å². The first-order valence-electron chi connectivity index (χ1n) is 11.3. The van der Waals surface area contributed by atoms with E-state index in [1.165, 1.54) is 0 Å². The summed E-state index contributed by atoms with van der Waals surface area (Å²) in [4.78, 5) is 13.2. The van der Waals surface area contributed by atoms with Gasteiger partial charge in [-0.2, -0.15) is 0 Å². The molecule has 0 spiro atoms. The van der Waals surface area contributed by atoms with Gasteiger partial charge < -0.3 is 23.7 Å². The number of fused-ring (bicyclic) bond motifs is 2. The van der Waals surface area contributed by atoms with Gasteiger partial charge in [-0.25, -0.2) is 4.79 Å². The molecule has 6 heteroatoms. The highest BCUT2D eigenvalue weighted by Gasteiger charge is 2.42. The fourth-order valence-corrected chi connectivity index (χ4v) is 4.14. The van der Waals surface area contributed by atoms with Crippen LogP contribution in [0.4, 0.5) is 0 Å². The van der Waals surface area contributed by atoms with E-state index in [9.17, 15) is 4.79 Å². The van der Waals surface area contributed by atoms with Crippen LogP contribution in [-0.4, -0.2) is 44.0 Å². The van der Waals surface area contributed by atoms with Crippen molar-refractivity contribution in [2.45, 2.75) is 72.1 Å². The molecule has 0 radical (unpaired) electrons. The molecular formula is C26H36O6. The highest BCUT2D eigenvalue weighted by atomic mass is 16.8. The van der Waals surface area contributed by atoms with Crippen LogP contribution in [0.1, 0.15) is 62.5 Å². The predicted molar refractivity (Wildman–Crippen MR) is 124 cm³/mol. The van der Waals surface area contributed by atoms with Crippen LogP contribution in [0, 0.1) is 18.8 Å². The molecule has 2 heterocycles. The van der Waals surface area contributed by atoms with E-state index >= 15 is 0 Å². The summed E-state index contributed by atoms with van der Waals surface area (Å²) in [7, 11) is 1.55. The first kappa shape index (κ1) is 24.5. The Labute approximate surface area is 191 Å². The number of carbonyl (C=O) groups is 1. The van der Waals surface area contributed by atoms with E-state index in [-0.39, 0.29) is 36.9 Å². The van der Waals surface area contributed by atoms with E-state index in [1.54, 1.807) is 7.11 Å². The molecule has 0 amide bonds. The normalized spacial score (nSPS) is 31.2. The van der Waals surface area contributed by atoms with Crippen LogP contribution in [-0.2, 0) is 18.9 Å². The monoisotopic (exact) mass is 444 g/mol. The Balaban J connectivity index is 2.04. The molecular weight excluding hydrogens is 408 g/mol. The SMILES string of the molecule is COCOc1cc(C)cc2c1C(=O)O[C@@H](C)[C@H](C)/C=C\C(C)[C@H]1OC(C)(C)O[C@H]1CC=C2. The summed E-state index contributed by atoms with van der Waals surface area (Å²) in [6, 6.07) is 3.79. The maximum Gasteiger partial charge on any atom is 0.342 e. The second kappa shape index (κ2) is 10.2. The molecule has 1 fully saturated rings. The summed E-state index contributed by atoms with van der Waals surface area (Å²) in [5, 5.41) is 0. The van der Waals surface area contributed by atoms with Crippen LogP contribution in [0.3, 0.4) is 0 Å². The maximum absolute atomic E-state index is 13.2. The van der Waals surface area contributed by atoms with E-state index < -0.39 is 11.8 Å². The van der Waals surface area contributed by atoms with Gasteiger partial charge in [0.05, 0.1) is 12.2 Å². The number of hydrogen-bond donors (Lipinski definition) is 0. The fourth-order valence-electron chi connectivity index (χ4n) is 4.14. The summed E-state index contributed by atoms with van der Waals surface area (Å²) < 4.78 is 29.1. The molecule has 2 aliphatic rings. The molecule has 0 N–H and O–H groups in total. The summed E-state index contributed by atoms with van der Waals surface area (Å²) in [5.41, 5.74) is 2.13. The molecule has 0 aliphatic carbocycles. The molecule has 0 bridgehead atoms. The van der Waals surface area contributed by atoms with Gasteiger partial charge in [-0.3, -0.25) is 0 Å². The van der Waals surface area contributed by atoms with Crippen LogP contribution >= 0.6 is 0 Å². The number of ether oxygens (including phenoxy) is 5. The average molecular weight is 445 g/mol. The molecule has 0 saturated carbocycles. The quantitative estimate of drug-likeness (QED) is 0.359. The minimum absolute atomic E-state index is 0.0332. The molecule has 176 valence electrons. The van der Waals surface area contributed by atoms with Crippen molar-refractivity contribution in [2.75, 3.05) is 13.9 Å². The molecule has 1 unspecified atom stereocenters. The second-order valence-electron chi connectivity index (χ2n) is 9.27. The van der Waals surface area contributed by atoms with Gasteiger partial charge >= 0.3 is 5.97 Å². The molecule has 6 nitrogen and oxygen atoms in total. The fraction of sp³-hybridized carbons (Fsp3) is 0.577. The number of rotatable bonds is 3. The van der Waals surface area contributed by atoms with E-state index in [1.807, 2.05) is 58.9 Å². The minimum Gasteiger partial charge on any atom is -0.467 e. The molecule has 1 saturated heterocycles. The van der Waals surface area contributed by atoms with E-state index in [4.69, 9.17) is 23.7 Å². The minimum atomic E-state index is -0.632. The Morgan fingerprint density at radius 1 is 1.09 bits per heavy atom. The lowest BCUT2D eigenvalue weighted by Gasteiger charge is -2.23. The zero-order valence-corrected chi connectivity index (χ0v) is 20.2. The zero-order valence-electron chi connectivity index (χ0n) is 20.2. The van der Waals surface area contributed by atoms with Gasteiger partial charge in [0.2, 0.25) is 0 Å². The third kappa shape index (κ3) is 5.80. The number of esters is 1. The third-order valence-corrected chi connectivity index (χ3v) is 5.97. The smallest absolute Gasteiger partial charge is 0.342 e. The van der Waals surface area contributed by atoms with E-state index in [0.717, 1.165) is 11.1 Å². The van der Waals surface area contributed by atoms with Gasteiger partial charge in [-0.05, 0) is 51.3 Å². The molecule has 2 aliphatic heterocycles. The number of aryl methyl sites for hydroxylation is 1. The Morgan fingerprint density at radius 3 is 2.53 bits per heavy atom. The van der Waals surface area contributed by atoms with Crippen LogP contribution in [0.5, 0.6) is 5.75 Å². The highest BCUT2D eigenvalue weighted by molar-refractivity contribution is 5.97. The number of hydrogen-bond acceptors (Lipinski definition) is 6. The summed E-state index contributed by atoms with van der Waals surface area (Å²) in [6.07, 6.45) is 8.41. The van der Waals surface area contributed by atoms with Crippen molar-refractivity contribution >= 4 is 12.0 Å². The first-order chi connectivity index (χ1) is 15.1. The Morgan fingerprint density at radius 2 is 1.81 bits per heavy atom. The number of benzene rings is 1. The molecule has 32 heavy (non-hydrogen) atoms. The van der Waals surface area contributed by atoms with Gasteiger partial charge in [0, 0.05) is 18.9 Å².